The Labute approximate surface area is 161 Å². The van der Waals surface area contributed by atoms with Gasteiger partial charge in [-0.3, -0.25) is 0 Å². The highest BCUT2D eigenvalue weighted by Crippen LogP contribution is 2.14. The van der Waals surface area contributed by atoms with Crippen molar-refractivity contribution in [2.24, 2.45) is 0 Å². The van der Waals surface area contributed by atoms with E-state index in [-0.39, 0.29) is 0 Å². The topological polar surface area (TPSA) is 76.1 Å². The number of carboxylic acids is 1. The summed E-state index contributed by atoms with van der Waals surface area (Å²) < 4.78 is 12.2. The number of carboxylic acid groups (broad SMARTS) is 1. The second kappa shape index (κ2) is 10.3. The highest BCUT2D eigenvalue weighted by molar-refractivity contribution is 14.1. The standard InChI is InChI=1S/C18H24INO5/c1-18(2,3)25-17(23)20(11-5-4-6-16(21)22)12-13-24-15-9-7-14(19)8-10-15/h4,6-10H,5,11-13H2,1-3H3,(H,21,22). The zero-order valence-corrected chi connectivity index (χ0v) is 16.9. The molecule has 25 heavy (non-hydrogen) atoms. The molecule has 1 amide bonds. The van der Waals surface area contributed by atoms with Crippen molar-refractivity contribution >= 4 is 34.7 Å². The van der Waals surface area contributed by atoms with Gasteiger partial charge in [0.2, 0.25) is 0 Å². The monoisotopic (exact) mass is 461 g/mol. The number of benzene rings is 1. The molecule has 0 aromatic heterocycles. The van der Waals surface area contributed by atoms with Crippen LogP contribution in [0.2, 0.25) is 0 Å². The zero-order valence-electron chi connectivity index (χ0n) is 14.7. The third-order valence-corrected chi connectivity index (χ3v) is 3.64. The Kier molecular flexibility index (Phi) is 8.74. The van der Waals surface area contributed by atoms with Crippen molar-refractivity contribution < 1.29 is 24.2 Å². The molecule has 0 saturated heterocycles. The molecule has 0 aliphatic carbocycles. The molecule has 0 saturated carbocycles. The molecule has 0 heterocycles. The van der Waals surface area contributed by atoms with Gasteiger partial charge in [0, 0.05) is 16.2 Å². The van der Waals surface area contributed by atoms with Crippen LogP contribution >= 0.6 is 22.6 Å². The summed E-state index contributed by atoms with van der Waals surface area (Å²) in [6.45, 7) is 6.43. The molecule has 0 spiro atoms. The average molecular weight is 461 g/mol. The number of aliphatic carboxylic acids is 1. The first-order valence-electron chi connectivity index (χ1n) is 7.93. The summed E-state index contributed by atoms with van der Waals surface area (Å²) in [5, 5.41) is 8.62. The quantitative estimate of drug-likeness (QED) is 0.469. The Morgan fingerprint density at radius 3 is 2.40 bits per heavy atom. The van der Waals surface area contributed by atoms with E-state index in [0.717, 1.165) is 15.4 Å². The van der Waals surface area contributed by atoms with Crippen LogP contribution in [0.25, 0.3) is 0 Å². The Morgan fingerprint density at radius 2 is 1.84 bits per heavy atom. The minimum Gasteiger partial charge on any atom is -0.492 e. The van der Waals surface area contributed by atoms with Crippen molar-refractivity contribution in [1.82, 2.24) is 4.90 Å². The van der Waals surface area contributed by atoms with Gasteiger partial charge in [-0.2, -0.15) is 0 Å². The SMILES string of the molecule is CC(C)(C)OC(=O)N(CCC=CC(=O)O)CCOc1ccc(I)cc1. The average Bonchev–Trinajstić information content (AvgIpc) is 2.49. The maximum Gasteiger partial charge on any atom is 0.410 e. The predicted octanol–water partition coefficient (Wildman–Crippen LogP) is 3.94. The van der Waals surface area contributed by atoms with Gasteiger partial charge in [-0.1, -0.05) is 6.08 Å². The van der Waals surface area contributed by atoms with Crippen LogP contribution in [0.15, 0.2) is 36.4 Å². The first kappa shape index (κ1) is 21.3. The summed E-state index contributed by atoms with van der Waals surface area (Å²) in [4.78, 5) is 24.3. The molecule has 0 aliphatic heterocycles. The molecular weight excluding hydrogens is 437 g/mol. The molecule has 1 aromatic carbocycles. The van der Waals surface area contributed by atoms with Gasteiger partial charge in [-0.25, -0.2) is 9.59 Å². The Morgan fingerprint density at radius 1 is 1.20 bits per heavy atom. The van der Waals surface area contributed by atoms with Crippen molar-refractivity contribution in [2.45, 2.75) is 32.8 Å². The van der Waals surface area contributed by atoms with Crippen LogP contribution in [-0.4, -0.2) is 47.4 Å². The van der Waals surface area contributed by atoms with Crippen LogP contribution in [0.1, 0.15) is 27.2 Å². The third kappa shape index (κ3) is 9.96. The van der Waals surface area contributed by atoms with Crippen LogP contribution in [0.4, 0.5) is 4.79 Å². The Bertz CT molecular complexity index is 592. The number of carbonyl (C=O) groups is 2. The van der Waals surface area contributed by atoms with Crippen molar-refractivity contribution in [3.05, 3.63) is 40.0 Å². The highest BCUT2D eigenvalue weighted by atomic mass is 127. The van der Waals surface area contributed by atoms with Crippen LogP contribution < -0.4 is 4.74 Å². The van der Waals surface area contributed by atoms with E-state index in [1.54, 1.807) is 20.8 Å². The van der Waals surface area contributed by atoms with Crippen molar-refractivity contribution in [2.75, 3.05) is 19.7 Å². The van der Waals surface area contributed by atoms with E-state index >= 15 is 0 Å². The smallest absolute Gasteiger partial charge is 0.410 e. The van der Waals surface area contributed by atoms with E-state index in [4.69, 9.17) is 14.6 Å². The number of halogens is 1. The van der Waals surface area contributed by atoms with Gasteiger partial charge in [0.15, 0.2) is 0 Å². The van der Waals surface area contributed by atoms with E-state index in [2.05, 4.69) is 22.6 Å². The molecule has 0 fully saturated rings. The molecule has 1 N–H and O–H groups in total. The predicted molar refractivity (Wildman–Crippen MR) is 104 cm³/mol. The lowest BCUT2D eigenvalue weighted by molar-refractivity contribution is -0.131. The molecule has 138 valence electrons. The molecule has 0 aliphatic rings. The summed E-state index contributed by atoms with van der Waals surface area (Å²) >= 11 is 2.22. The molecule has 1 rings (SSSR count). The fourth-order valence-corrected chi connectivity index (χ4v) is 2.20. The minimum atomic E-state index is -1.01. The van der Waals surface area contributed by atoms with E-state index in [1.165, 1.54) is 11.0 Å². The van der Waals surface area contributed by atoms with E-state index in [1.807, 2.05) is 24.3 Å². The van der Waals surface area contributed by atoms with Crippen molar-refractivity contribution in [3.63, 3.8) is 0 Å². The molecule has 0 atom stereocenters. The van der Waals surface area contributed by atoms with Gasteiger partial charge in [-0.05, 0) is 74.0 Å². The highest BCUT2D eigenvalue weighted by Gasteiger charge is 2.21. The molecule has 0 radical (unpaired) electrons. The number of amides is 1. The van der Waals surface area contributed by atoms with E-state index in [9.17, 15) is 9.59 Å². The van der Waals surface area contributed by atoms with E-state index < -0.39 is 17.7 Å². The Hall–Kier alpha value is -1.77. The summed E-state index contributed by atoms with van der Waals surface area (Å²) in [7, 11) is 0. The number of ether oxygens (including phenoxy) is 2. The summed E-state index contributed by atoms with van der Waals surface area (Å²) in [6.07, 6.45) is 2.56. The lowest BCUT2D eigenvalue weighted by atomic mass is 10.2. The van der Waals surface area contributed by atoms with E-state index in [0.29, 0.717) is 26.1 Å². The third-order valence-electron chi connectivity index (χ3n) is 2.92. The molecule has 0 bridgehead atoms. The second-order valence-electron chi connectivity index (χ2n) is 6.30. The molecule has 7 heteroatoms. The Balaban J connectivity index is 2.57. The van der Waals surface area contributed by atoms with Crippen LogP contribution in [0, 0.1) is 3.57 Å². The van der Waals surface area contributed by atoms with Gasteiger partial charge >= 0.3 is 12.1 Å². The molecule has 6 nitrogen and oxygen atoms in total. The number of carbonyl (C=O) groups excluding carboxylic acids is 1. The van der Waals surface area contributed by atoms with Crippen LogP contribution in [0.3, 0.4) is 0 Å². The number of hydrogen-bond acceptors (Lipinski definition) is 4. The second-order valence-corrected chi connectivity index (χ2v) is 7.54. The fraction of sp³-hybridized carbons (Fsp3) is 0.444. The summed E-state index contributed by atoms with van der Waals surface area (Å²) in [6, 6.07) is 7.63. The van der Waals surface area contributed by atoms with Gasteiger partial charge in [0.05, 0.1) is 6.54 Å². The molecule has 0 unspecified atom stereocenters. The molecule has 1 aromatic rings. The van der Waals surface area contributed by atoms with Gasteiger partial charge in [0.25, 0.3) is 0 Å². The number of rotatable bonds is 8. The maximum atomic E-state index is 12.3. The summed E-state index contributed by atoms with van der Waals surface area (Å²) in [5.41, 5.74) is -0.594. The van der Waals surface area contributed by atoms with Crippen molar-refractivity contribution in [3.8, 4) is 5.75 Å². The summed E-state index contributed by atoms with van der Waals surface area (Å²) in [5.74, 6) is -0.277. The van der Waals surface area contributed by atoms with Crippen LogP contribution in [0.5, 0.6) is 5.75 Å². The first-order valence-corrected chi connectivity index (χ1v) is 9.01. The van der Waals surface area contributed by atoms with Crippen LogP contribution in [-0.2, 0) is 9.53 Å². The first-order chi connectivity index (χ1) is 11.7. The lowest BCUT2D eigenvalue weighted by Gasteiger charge is -2.27. The van der Waals surface area contributed by atoms with Crippen molar-refractivity contribution in [1.29, 1.82) is 0 Å². The maximum absolute atomic E-state index is 12.3. The normalized spacial score (nSPS) is 11.4. The fourth-order valence-electron chi connectivity index (χ4n) is 1.84. The largest absolute Gasteiger partial charge is 0.492 e. The van der Waals surface area contributed by atoms with Gasteiger partial charge < -0.3 is 19.5 Å². The van der Waals surface area contributed by atoms with Gasteiger partial charge in [0.1, 0.15) is 18.0 Å². The lowest BCUT2D eigenvalue weighted by Crippen LogP contribution is -2.39. The number of nitrogens with zero attached hydrogens (tertiary/aromatic N) is 1. The molecular formula is C18H24INO5. The zero-order chi connectivity index (χ0) is 18.9. The minimum absolute atomic E-state index is 0.322. The number of hydrogen-bond donors (Lipinski definition) is 1. The van der Waals surface area contributed by atoms with Gasteiger partial charge in [-0.15, -0.1) is 0 Å².